The van der Waals surface area contributed by atoms with E-state index in [0.29, 0.717) is 22.9 Å². The van der Waals surface area contributed by atoms with E-state index >= 15 is 0 Å². The zero-order valence-corrected chi connectivity index (χ0v) is 14.3. The van der Waals surface area contributed by atoms with Gasteiger partial charge in [-0.15, -0.1) is 0 Å². The Balaban J connectivity index is 1.88. The Morgan fingerprint density at radius 2 is 1.80 bits per heavy atom. The van der Waals surface area contributed by atoms with Crippen LogP contribution in [0.15, 0.2) is 54.6 Å². The average Bonchev–Trinajstić information content (AvgIpc) is 3.04. The van der Waals surface area contributed by atoms with Crippen LogP contribution in [-0.4, -0.2) is 29.9 Å². The molecular weight excluding hydrogens is 318 g/mol. The highest BCUT2D eigenvalue weighted by molar-refractivity contribution is 6.04. The number of rotatable bonds is 5. The maximum atomic E-state index is 12.6. The number of nitrogens with zero attached hydrogens (tertiary/aromatic N) is 2. The smallest absolute Gasteiger partial charge is 0.276 e. The van der Waals surface area contributed by atoms with Crippen molar-refractivity contribution in [1.82, 2.24) is 9.78 Å². The number of carbonyl (C=O) groups excluding carboxylic acids is 1. The van der Waals surface area contributed by atoms with Gasteiger partial charge in [0.25, 0.3) is 5.91 Å². The first kappa shape index (κ1) is 16.6. The molecule has 0 aliphatic rings. The van der Waals surface area contributed by atoms with Crippen molar-refractivity contribution >= 4 is 11.6 Å². The number of nitrogens with one attached hydrogen (secondary N) is 1. The van der Waals surface area contributed by atoms with Crippen molar-refractivity contribution in [2.75, 3.05) is 19.5 Å². The summed E-state index contributed by atoms with van der Waals surface area (Å²) in [5.41, 5.74) is 2.71. The van der Waals surface area contributed by atoms with Gasteiger partial charge in [-0.3, -0.25) is 9.48 Å². The summed E-state index contributed by atoms with van der Waals surface area (Å²) in [6, 6.07) is 16.8. The van der Waals surface area contributed by atoms with Crippen molar-refractivity contribution in [3.8, 4) is 22.8 Å². The van der Waals surface area contributed by atoms with Crippen LogP contribution < -0.4 is 14.8 Å². The molecule has 1 amide bonds. The van der Waals surface area contributed by atoms with Crippen LogP contribution >= 0.6 is 0 Å². The van der Waals surface area contributed by atoms with E-state index in [-0.39, 0.29) is 5.91 Å². The van der Waals surface area contributed by atoms with E-state index in [1.165, 1.54) is 0 Å². The number of aryl methyl sites for hydroxylation is 1. The normalized spacial score (nSPS) is 10.4. The lowest BCUT2D eigenvalue weighted by Crippen LogP contribution is -2.13. The molecule has 0 atom stereocenters. The second kappa shape index (κ2) is 7.09. The molecule has 6 nitrogen and oxygen atoms in total. The summed E-state index contributed by atoms with van der Waals surface area (Å²) in [6.45, 7) is 0. The first-order chi connectivity index (χ1) is 12.1. The van der Waals surface area contributed by atoms with Crippen molar-refractivity contribution in [2.24, 2.45) is 7.05 Å². The minimum Gasteiger partial charge on any atom is -0.497 e. The van der Waals surface area contributed by atoms with Crippen LogP contribution in [0.1, 0.15) is 10.5 Å². The summed E-state index contributed by atoms with van der Waals surface area (Å²) in [5, 5.41) is 7.14. The topological polar surface area (TPSA) is 65.4 Å². The second-order valence-corrected chi connectivity index (χ2v) is 5.42. The third kappa shape index (κ3) is 3.47. The first-order valence-corrected chi connectivity index (χ1v) is 7.75. The van der Waals surface area contributed by atoms with E-state index in [1.807, 2.05) is 37.4 Å². The van der Waals surface area contributed by atoms with Crippen LogP contribution in [0.4, 0.5) is 5.69 Å². The molecule has 0 aliphatic heterocycles. The highest BCUT2D eigenvalue weighted by Gasteiger charge is 2.16. The summed E-state index contributed by atoms with van der Waals surface area (Å²) < 4.78 is 12.2. The quantitative estimate of drug-likeness (QED) is 0.775. The van der Waals surface area contributed by atoms with E-state index in [9.17, 15) is 4.79 Å². The van der Waals surface area contributed by atoms with Crippen LogP contribution in [0.2, 0.25) is 0 Å². The highest BCUT2D eigenvalue weighted by atomic mass is 16.5. The lowest BCUT2D eigenvalue weighted by molar-refractivity contribution is 0.102. The fourth-order valence-corrected chi connectivity index (χ4v) is 2.56. The lowest BCUT2D eigenvalue weighted by atomic mass is 10.1. The molecule has 3 aromatic rings. The minimum absolute atomic E-state index is 0.315. The molecule has 0 unspecified atom stereocenters. The van der Waals surface area contributed by atoms with Crippen molar-refractivity contribution in [2.45, 2.75) is 0 Å². The molecule has 0 bridgehead atoms. The first-order valence-electron chi connectivity index (χ1n) is 7.75. The van der Waals surface area contributed by atoms with Gasteiger partial charge in [0.05, 0.1) is 25.6 Å². The Labute approximate surface area is 146 Å². The number of ether oxygens (including phenoxy) is 2. The standard InChI is InChI=1S/C19H19N3O3/c1-22-17(13-7-5-4-6-8-13)12-16(21-22)19(23)20-15-11-14(24-2)9-10-18(15)25-3/h4-12H,1-3H3,(H,20,23). The minimum atomic E-state index is -0.315. The Bertz CT molecular complexity index is 888. The van der Waals surface area contributed by atoms with Gasteiger partial charge in [-0.05, 0) is 23.8 Å². The molecule has 0 aliphatic carbocycles. The largest absolute Gasteiger partial charge is 0.497 e. The van der Waals surface area contributed by atoms with Crippen molar-refractivity contribution in [3.63, 3.8) is 0 Å². The van der Waals surface area contributed by atoms with Gasteiger partial charge in [-0.25, -0.2) is 0 Å². The summed E-state index contributed by atoms with van der Waals surface area (Å²) >= 11 is 0. The van der Waals surface area contributed by atoms with Gasteiger partial charge in [-0.2, -0.15) is 5.10 Å². The third-order valence-corrected chi connectivity index (χ3v) is 3.84. The average molecular weight is 337 g/mol. The van der Waals surface area contributed by atoms with Crippen LogP contribution in [0.3, 0.4) is 0 Å². The van der Waals surface area contributed by atoms with E-state index in [4.69, 9.17) is 9.47 Å². The summed E-state index contributed by atoms with van der Waals surface area (Å²) in [4.78, 5) is 12.6. The third-order valence-electron chi connectivity index (χ3n) is 3.84. The number of aromatic nitrogens is 2. The van der Waals surface area contributed by atoms with Gasteiger partial charge >= 0.3 is 0 Å². The number of methoxy groups -OCH3 is 2. The van der Waals surface area contributed by atoms with Gasteiger partial charge in [0.1, 0.15) is 11.5 Å². The van der Waals surface area contributed by atoms with Crippen LogP contribution in [0, 0.1) is 0 Å². The van der Waals surface area contributed by atoms with Gasteiger partial charge in [-0.1, -0.05) is 30.3 Å². The molecular formula is C19H19N3O3. The molecule has 0 radical (unpaired) electrons. The molecule has 0 saturated heterocycles. The van der Waals surface area contributed by atoms with Crippen molar-refractivity contribution in [3.05, 3.63) is 60.3 Å². The fraction of sp³-hybridized carbons (Fsp3) is 0.158. The SMILES string of the molecule is COc1ccc(OC)c(NC(=O)c2cc(-c3ccccc3)n(C)n2)c1. The molecule has 3 rings (SSSR count). The zero-order valence-electron chi connectivity index (χ0n) is 14.3. The van der Waals surface area contributed by atoms with Crippen molar-refractivity contribution in [1.29, 1.82) is 0 Å². The van der Waals surface area contributed by atoms with Gasteiger partial charge < -0.3 is 14.8 Å². The maximum absolute atomic E-state index is 12.6. The molecule has 0 saturated carbocycles. The molecule has 25 heavy (non-hydrogen) atoms. The highest BCUT2D eigenvalue weighted by Crippen LogP contribution is 2.29. The number of anilines is 1. The molecule has 2 aromatic carbocycles. The van der Waals surface area contributed by atoms with Crippen molar-refractivity contribution < 1.29 is 14.3 Å². The molecule has 1 heterocycles. The van der Waals surface area contributed by atoms with E-state index < -0.39 is 0 Å². The fourth-order valence-electron chi connectivity index (χ4n) is 2.56. The van der Waals surface area contributed by atoms with Crippen LogP contribution in [-0.2, 0) is 7.05 Å². The number of benzene rings is 2. The molecule has 128 valence electrons. The second-order valence-electron chi connectivity index (χ2n) is 5.42. The van der Waals surface area contributed by atoms with E-state index in [2.05, 4.69) is 10.4 Å². The van der Waals surface area contributed by atoms with Crippen LogP contribution in [0.5, 0.6) is 11.5 Å². The Morgan fingerprint density at radius 1 is 1.04 bits per heavy atom. The summed E-state index contributed by atoms with van der Waals surface area (Å²) in [7, 11) is 4.93. The van der Waals surface area contributed by atoms with Crippen LogP contribution in [0.25, 0.3) is 11.3 Å². The lowest BCUT2D eigenvalue weighted by Gasteiger charge is -2.10. The van der Waals surface area contributed by atoms with E-state index in [1.54, 1.807) is 43.2 Å². The number of hydrogen-bond acceptors (Lipinski definition) is 4. The number of carbonyl (C=O) groups is 1. The Hall–Kier alpha value is -3.28. The molecule has 6 heteroatoms. The summed E-state index contributed by atoms with van der Waals surface area (Å²) in [6.07, 6.45) is 0. The van der Waals surface area contributed by atoms with Gasteiger partial charge in [0, 0.05) is 13.1 Å². The number of hydrogen-bond donors (Lipinski definition) is 1. The predicted molar refractivity (Wildman–Crippen MR) is 96.1 cm³/mol. The van der Waals surface area contributed by atoms with E-state index in [0.717, 1.165) is 11.3 Å². The number of amides is 1. The molecule has 1 aromatic heterocycles. The molecule has 1 N–H and O–H groups in total. The van der Waals surface area contributed by atoms with Gasteiger partial charge in [0.15, 0.2) is 5.69 Å². The predicted octanol–water partition coefficient (Wildman–Crippen LogP) is 3.36. The Morgan fingerprint density at radius 3 is 2.48 bits per heavy atom. The Kier molecular flexibility index (Phi) is 4.70. The molecule has 0 spiro atoms. The van der Waals surface area contributed by atoms with Gasteiger partial charge in [0.2, 0.25) is 0 Å². The zero-order chi connectivity index (χ0) is 17.8. The maximum Gasteiger partial charge on any atom is 0.276 e. The molecule has 0 fully saturated rings. The summed E-state index contributed by atoms with van der Waals surface area (Å²) in [5.74, 6) is 0.861. The monoisotopic (exact) mass is 337 g/mol.